The SMILES string of the molecule is C1=NCCN1.CCCCCCCCCCCCCCCCCCC(O)(CO)CC(=O)O. The number of aliphatic hydroxyl groups excluding tert-OH is 1. The minimum absolute atomic E-state index is 0.369. The molecule has 1 heterocycles. The van der Waals surface area contributed by atoms with E-state index in [0.717, 1.165) is 32.4 Å². The van der Waals surface area contributed by atoms with Gasteiger partial charge in [0, 0.05) is 6.54 Å². The molecule has 0 aliphatic carbocycles. The van der Waals surface area contributed by atoms with Crippen molar-refractivity contribution in [2.24, 2.45) is 4.99 Å². The van der Waals surface area contributed by atoms with Gasteiger partial charge in [-0.05, 0) is 6.42 Å². The number of carbonyl (C=O) groups is 1. The predicted octanol–water partition coefficient (Wildman–Crippen LogP) is 5.45. The molecule has 0 fully saturated rings. The number of aliphatic imine (C=N–C) groups is 1. The van der Waals surface area contributed by atoms with Gasteiger partial charge in [-0.2, -0.15) is 0 Å². The first-order valence-electron chi connectivity index (χ1n) is 12.8. The van der Waals surface area contributed by atoms with E-state index in [0.29, 0.717) is 6.42 Å². The van der Waals surface area contributed by atoms with Crippen molar-refractivity contribution in [1.82, 2.24) is 5.32 Å². The molecule has 6 heteroatoms. The van der Waals surface area contributed by atoms with E-state index in [2.05, 4.69) is 17.2 Å². The molecule has 184 valence electrons. The highest BCUT2D eigenvalue weighted by molar-refractivity contribution is 5.68. The van der Waals surface area contributed by atoms with Crippen molar-refractivity contribution in [3.8, 4) is 0 Å². The number of aliphatic carboxylic acids is 1. The number of nitrogens with one attached hydrogen (secondary N) is 1. The van der Waals surface area contributed by atoms with Gasteiger partial charge < -0.3 is 20.6 Å². The summed E-state index contributed by atoms with van der Waals surface area (Å²) in [4.78, 5) is 14.5. The number of aliphatic hydroxyl groups is 2. The molecule has 0 aromatic heterocycles. The maximum atomic E-state index is 10.7. The van der Waals surface area contributed by atoms with Crippen molar-refractivity contribution in [2.45, 2.75) is 128 Å². The first kappa shape index (κ1) is 29.9. The number of rotatable bonds is 20. The Kier molecular flexibility index (Phi) is 21.3. The maximum Gasteiger partial charge on any atom is 0.306 e. The summed E-state index contributed by atoms with van der Waals surface area (Å²) in [6, 6.07) is 0. The van der Waals surface area contributed by atoms with E-state index in [1.165, 1.54) is 83.5 Å². The molecule has 0 saturated carbocycles. The van der Waals surface area contributed by atoms with E-state index in [9.17, 15) is 9.90 Å². The van der Waals surface area contributed by atoms with E-state index >= 15 is 0 Å². The minimum Gasteiger partial charge on any atom is -0.481 e. The van der Waals surface area contributed by atoms with E-state index in [1.807, 2.05) is 0 Å². The number of unbranched alkanes of at least 4 members (excludes halogenated alkanes) is 15. The Morgan fingerprint density at radius 3 is 1.61 bits per heavy atom. The summed E-state index contributed by atoms with van der Waals surface area (Å²) in [5.74, 6) is -1.06. The smallest absolute Gasteiger partial charge is 0.306 e. The van der Waals surface area contributed by atoms with Gasteiger partial charge >= 0.3 is 5.97 Å². The average molecular weight is 443 g/mol. The van der Waals surface area contributed by atoms with Gasteiger partial charge in [-0.15, -0.1) is 0 Å². The van der Waals surface area contributed by atoms with Crippen LogP contribution in [0, 0.1) is 0 Å². The molecule has 1 unspecified atom stereocenters. The molecule has 6 nitrogen and oxygen atoms in total. The van der Waals surface area contributed by atoms with Crippen LogP contribution in [-0.4, -0.2) is 52.9 Å². The fourth-order valence-corrected chi connectivity index (χ4v) is 3.83. The highest BCUT2D eigenvalue weighted by Crippen LogP contribution is 2.20. The Balaban J connectivity index is 0.00000156. The van der Waals surface area contributed by atoms with Crippen LogP contribution in [-0.2, 0) is 4.79 Å². The number of carboxylic acid groups (broad SMARTS) is 1. The fraction of sp³-hybridized carbons (Fsp3) is 0.920. The molecule has 0 amide bonds. The van der Waals surface area contributed by atoms with Crippen LogP contribution in [0.1, 0.15) is 122 Å². The second-order valence-electron chi connectivity index (χ2n) is 9.00. The summed E-state index contributed by atoms with van der Waals surface area (Å²) in [7, 11) is 0. The first-order chi connectivity index (χ1) is 15.0. The average Bonchev–Trinajstić information content (AvgIpc) is 3.33. The Labute approximate surface area is 190 Å². The van der Waals surface area contributed by atoms with Crippen LogP contribution in [0.3, 0.4) is 0 Å². The molecule has 1 rings (SSSR count). The van der Waals surface area contributed by atoms with Crippen LogP contribution in [0.25, 0.3) is 0 Å². The quantitative estimate of drug-likeness (QED) is 0.188. The van der Waals surface area contributed by atoms with Crippen molar-refractivity contribution >= 4 is 12.3 Å². The summed E-state index contributed by atoms with van der Waals surface area (Å²) < 4.78 is 0. The molecule has 0 saturated heterocycles. The van der Waals surface area contributed by atoms with Crippen LogP contribution >= 0.6 is 0 Å². The molecule has 31 heavy (non-hydrogen) atoms. The maximum absolute atomic E-state index is 10.7. The summed E-state index contributed by atoms with van der Waals surface area (Å²) in [5.41, 5.74) is -1.44. The van der Waals surface area contributed by atoms with Gasteiger partial charge in [0.1, 0.15) is 0 Å². The number of carboxylic acids is 1. The normalized spacial score (nSPS) is 14.5. The largest absolute Gasteiger partial charge is 0.481 e. The molecule has 0 bridgehead atoms. The topological polar surface area (TPSA) is 102 Å². The van der Waals surface area contributed by atoms with Gasteiger partial charge in [0.25, 0.3) is 0 Å². The van der Waals surface area contributed by atoms with Crippen LogP contribution in [0.15, 0.2) is 4.99 Å². The summed E-state index contributed by atoms with van der Waals surface area (Å²) in [6.45, 7) is 3.78. The Bertz CT molecular complexity index is 426. The van der Waals surface area contributed by atoms with Crippen molar-refractivity contribution in [2.75, 3.05) is 19.7 Å². The van der Waals surface area contributed by atoms with Crippen LogP contribution in [0.2, 0.25) is 0 Å². The van der Waals surface area contributed by atoms with Gasteiger partial charge in [0.15, 0.2) is 0 Å². The molecule has 1 aliphatic heterocycles. The molecule has 1 aliphatic rings. The van der Waals surface area contributed by atoms with Gasteiger partial charge in [0.05, 0.1) is 31.5 Å². The van der Waals surface area contributed by atoms with Crippen molar-refractivity contribution < 1.29 is 20.1 Å². The summed E-state index contributed by atoms with van der Waals surface area (Å²) >= 11 is 0. The molecular formula is C25H50N2O4. The van der Waals surface area contributed by atoms with E-state index in [4.69, 9.17) is 10.2 Å². The lowest BCUT2D eigenvalue weighted by molar-refractivity contribution is -0.144. The van der Waals surface area contributed by atoms with Crippen LogP contribution < -0.4 is 5.32 Å². The molecular weight excluding hydrogens is 392 g/mol. The zero-order valence-corrected chi connectivity index (χ0v) is 20.1. The van der Waals surface area contributed by atoms with Gasteiger partial charge in [0.2, 0.25) is 0 Å². The minimum atomic E-state index is -1.44. The molecule has 0 aromatic rings. The Morgan fingerprint density at radius 2 is 1.32 bits per heavy atom. The van der Waals surface area contributed by atoms with Crippen molar-refractivity contribution in [1.29, 1.82) is 0 Å². The number of hydrogen-bond acceptors (Lipinski definition) is 5. The highest BCUT2D eigenvalue weighted by atomic mass is 16.4. The third-order valence-corrected chi connectivity index (χ3v) is 5.84. The second-order valence-corrected chi connectivity index (χ2v) is 9.00. The van der Waals surface area contributed by atoms with Crippen molar-refractivity contribution in [3.05, 3.63) is 0 Å². The molecule has 1 atom stereocenters. The van der Waals surface area contributed by atoms with Crippen molar-refractivity contribution in [3.63, 3.8) is 0 Å². The summed E-state index contributed by atoms with van der Waals surface area (Å²) in [6.07, 6.45) is 22.3. The number of nitrogens with zero attached hydrogens (tertiary/aromatic N) is 1. The third kappa shape index (κ3) is 21.9. The molecule has 0 aromatic carbocycles. The standard InChI is InChI=1S/C22H44O4.C3H6N2/c1-2-3-4-5-6-7-8-9-10-11-12-13-14-15-16-17-18-22(26,20-23)19-21(24)25;1-2-5-3-4-1/h23,26H,2-20H2,1H3,(H,24,25);3H,1-2H2,(H,4,5). The fourth-order valence-electron chi connectivity index (χ4n) is 3.83. The number of hydrogen-bond donors (Lipinski definition) is 4. The highest BCUT2D eigenvalue weighted by Gasteiger charge is 2.28. The van der Waals surface area contributed by atoms with E-state index in [-0.39, 0.29) is 6.42 Å². The Morgan fingerprint density at radius 1 is 0.871 bits per heavy atom. The molecule has 0 spiro atoms. The lowest BCUT2D eigenvalue weighted by Gasteiger charge is -2.23. The molecule has 0 radical (unpaired) electrons. The summed E-state index contributed by atoms with van der Waals surface area (Å²) in [5, 5.41) is 30.8. The second kappa shape index (κ2) is 22.1. The van der Waals surface area contributed by atoms with Crippen LogP contribution in [0.4, 0.5) is 0 Å². The zero-order chi connectivity index (χ0) is 23.0. The third-order valence-electron chi connectivity index (χ3n) is 5.84. The first-order valence-corrected chi connectivity index (χ1v) is 12.8. The lowest BCUT2D eigenvalue weighted by Crippen LogP contribution is -2.35. The van der Waals surface area contributed by atoms with Gasteiger partial charge in [-0.1, -0.05) is 110 Å². The predicted molar refractivity (Wildman–Crippen MR) is 130 cm³/mol. The molecule has 4 N–H and O–H groups in total. The van der Waals surface area contributed by atoms with E-state index in [1.54, 1.807) is 6.34 Å². The zero-order valence-electron chi connectivity index (χ0n) is 20.1. The monoisotopic (exact) mass is 442 g/mol. The Hall–Kier alpha value is -1.14. The van der Waals surface area contributed by atoms with E-state index < -0.39 is 18.2 Å². The van der Waals surface area contributed by atoms with Gasteiger partial charge in [-0.3, -0.25) is 9.79 Å². The van der Waals surface area contributed by atoms with Crippen LogP contribution in [0.5, 0.6) is 0 Å². The van der Waals surface area contributed by atoms with Gasteiger partial charge in [-0.25, -0.2) is 0 Å². The lowest BCUT2D eigenvalue weighted by atomic mass is 9.93.